The number of carboxylic acids is 1. The van der Waals surface area contributed by atoms with Crippen LogP contribution in [0.15, 0.2) is 123 Å². The SMILES string of the molecule is C(/C=C/c1c2ccccc2[o+]c2ccccc12)=C1c2ccccc2Sc2ccccc21.O=C([O-])C(F)(F)F. The Balaban J connectivity index is 0.000000374. The summed E-state index contributed by atoms with van der Waals surface area (Å²) < 4.78 is 37.7. The lowest BCUT2D eigenvalue weighted by atomic mass is 9.96. The van der Waals surface area contributed by atoms with E-state index in [1.54, 1.807) is 0 Å². The average Bonchev–Trinajstić information content (AvgIpc) is 2.92. The number of benzene rings is 4. The van der Waals surface area contributed by atoms with E-state index in [-0.39, 0.29) is 0 Å². The molecule has 6 rings (SSSR count). The number of rotatable bonds is 2. The molecule has 0 N–H and O–H groups in total. The number of aliphatic carboxylic acids is 1. The van der Waals surface area contributed by atoms with Crippen molar-refractivity contribution in [3.05, 3.63) is 126 Å². The van der Waals surface area contributed by atoms with E-state index in [2.05, 4.69) is 91.0 Å². The summed E-state index contributed by atoms with van der Waals surface area (Å²) in [5, 5.41) is 11.0. The van der Waals surface area contributed by atoms with E-state index < -0.39 is 12.1 Å². The molecule has 38 heavy (non-hydrogen) atoms. The van der Waals surface area contributed by atoms with Crippen molar-refractivity contribution in [3.8, 4) is 0 Å². The van der Waals surface area contributed by atoms with Gasteiger partial charge >= 0.3 is 17.3 Å². The molecule has 5 aromatic rings. The number of carbonyl (C=O) groups excluding carboxylic acids is 1. The van der Waals surface area contributed by atoms with Crippen molar-refractivity contribution in [2.24, 2.45) is 0 Å². The molecule has 1 aromatic heterocycles. The maximum absolute atomic E-state index is 10.5. The summed E-state index contributed by atoms with van der Waals surface area (Å²) >= 11 is 1.84. The normalized spacial score (nSPS) is 12.6. The molecule has 0 bridgehead atoms. The van der Waals surface area contributed by atoms with Crippen LogP contribution in [0.2, 0.25) is 0 Å². The molecule has 188 valence electrons. The fraction of sp³-hybridized carbons (Fsp3) is 0.0323. The first-order valence-electron chi connectivity index (χ1n) is 11.6. The Bertz CT molecular complexity index is 1620. The maximum atomic E-state index is 10.5. The predicted octanol–water partition coefficient (Wildman–Crippen LogP) is 7.78. The summed E-state index contributed by atoms with van der Waals surface area (Å²) in [6.45, 7) is 0. The molecule has 0 fully saturated rings. The van der Waals surface area contributed by atoms with Gasteiger partial charge in [-0.15, -0.1) is 0 Å². The second-order valence-corrected chi connectivity index (χ2v) is 9.41. The fourth-order valence-electron chi connectivity index (χ4n) is 4.24. The van der Waals surface area contributed by atoms with Crippen LogP contribution in [0.3, 0.4) is 0 Å². The second kappa shape index (κ2) is 10.6. The molecule has 0 atom stereocenters. The number of carbonyl (C=O) groups is 1. The van der Waals surface area contributed by atoms with E-state index in [9.17, 15) is 13.2 Å². The molecular formula is C31H19F3O3S. The molecular weight excluding hydrogens is 509 g/mol. The van der Waals surface area contributed by atoms with Gasteiger partial charge in [-0.1, -0.05) is 90.7 Å². The molecule has 7 heteroatoms. The van der Waals surface area contributed by atoms with E-state index in [4.69, 9.17) is 14.3 Å². The van der Waals surface area contributed by atoms with Crippen molar-refractivity contribution in [2.75, 3.05) is 0 Å². The van der Waals surface area contributed by atoms with Crippen molar-refractivity contribution in [1.82, 2.24) is 0 Å². The Morgan fingerprint density at radius 1 is 0.737 bits per heavy atom. The number of allylic oxidation sites excluding steroid dienone is 2. The van der Waals surface area contributed by atoms with Crippen LogP contribution >= 0.6 is 11.8 Å². The zero-order chi connectivity index (χ0) is 26.7. The minimum Gasteiger partial charge on any atom is -0.542 e. The highest BCUT2D eigenvalue weighted by atomic mass is 32.2. The number of hydrogen-bond donors (Lipinski definition) is 0. The van der Waals surface area contributed by atoms with Gasteiger partial charge in [-0.25, -0.2) is 4.42 Å². The highest BCUT2D eigenvalue weighted by molar-refractivity contribution is 7.99. The predicted molar refractivity (Wildman–Crippen MR) is 142 cm³/mol. The van der Waals surface area contributed by atoms with E-state index in [0.29, 0.717) is 0 Å². The van der Waals surface area contributed by atoms with Crippen LogP contribution in [0, 0.1) is 0 Å². The lowest BCUT2D eigenvalue weighted by molar-refractivity contribution is -0.344. The lowest BCUT2D eigenvalue weighted by Gasteiger charge is -2.21. The number of para-hydroxylation sites is 2. The molecule has 0 amide bonds. The van der Waals surface area contributed by atoms with Gasteiger partial charge in [-0.2, -0.15) is 13.2 Å². The number of halogens is 3. The van der Waals surface area contributed by atoms with E-state index >= 15 is 0 Å². The lowest BCUT2D eigenvalue weighted by Crippen LogP contribution is -2.37. The highest BCUT2D eigenvalue weighted by Gasteiger charge is 2.28. The zero-order valence-corrected chi connectivity index (χ0v) is 20.6. The van der Waals surface area contributed by atoms with Crippen LogP contribution in [-0.2, 0) is 4.79 Å². The third kappa shape index (κ3) is 5.19. The van der Waals surface area contributed by atoms with Crippen LogP contribution in [-0.4, -0.2) is 12.1 Å². The Morgan fingerprint density at radius 3 is 1.68 bits per heavy atom. The molecule has 0 saturated heterocycles. The van der Waals surface area contributed by atoms with Gasteiger partial charge < -0.3 is 9.90 Å². The minimum atomic E-state index is -5.19. The molecule has 2 heterocycles. The summed E-state index contributed by atoms with van der Waals surface area (Å²) in [5.74, 6) is -3.01. The molecule has 0 radical (unpaired) electrons. The first-order chi connectivity index (χ1) is 18.3. The monoisotopic (exact) mass is 528 g/mol. The van der Waals surface area contributed by atoms with Gasteiger partial charge in [0, 0.05) is 27.5 Å². The number of hydrogen-bond acceptors (Lipinski definition) is 3. The quantitative estimate of drug-likeness (QED) is 0.170. The van der Waals surface area contributed by atoms with E-state index in [1.807, 2.05) is 36.0 Å². The van der Waals surface area contributed by atoms with Crippen LogP contribution < -0.4 is 5.11 Å². The third-order valence-corrected chi connectivity index (χ3v) is 7.06. The Morgan fingerprint density at radius 2 is 1.18 bits per heavy atom. The van der Waals surface area contributed by atoms with Crippen molar-refractivity contribution >= 4 is 51.3 Å². The summed E-state index contributed by atoms with van der Waals surface area (Å²) in [5.41, 5.74) is 6.82. The Labute approximate surface area is 220 Å². The van der Waals surface area contributed by atoms with Crippen LogP contribution in [0.4, 0.5) is 13.2 Å². The molecule has 3 nitrogen and oxygen atoms in total. The first kappa shape index (κ1) is 25.3. The first-order valence-corrected chi connectivity index (χ1v) is 12.4. The van der Waals surface area contributed by atoms with Crippen molar-refractivity contribution in [1.29, 1.82) is 0 Å². The van der Waals surface area contributed by atoms with E-state index in [0.717, 1.165) is 21.9 Å². The van der Waals surface area contributed by atoms with Gasteiger partial charge in [-0.3, -0.25) is 0 Å². The van der Waals surface area contributed by atoms with Gasteiger partial charge in [0.2, 0.25) is 0 Å². The van der Waals surface area contributed by atoms with Crippen molar-refractivity contribution in [2.45, 2.75) is 16.0 Å². The average molecular weight is 529 g/mol. The largest absolute Gasteiger partial charge is 0.542 e. The number of carboxylic acid groups (broad SMARTS) is 1. The molecule has 1 aliphatic heterocycles. The molecule has 1 aliphatic rings. The van der Waals surface area contributed by atoms with Crippen LogP contribution in [0.1, 0.15) is 16.7 Å². The van der Waals surface area contributed by atoms with Crippen molar-refractivity contribution in [3.63, 3.8) is 0 Å². The fourth-order valence-corrected chi connectivity index (χ4v) is 5.35. The number of fused-ring (bicyclic) bond motifs is 4. The van der Waals surface area contributed by atoms with Crippen molar-refractivity contribution < 1.29 is 27.5 Å². The smallest absolute Gasteiger partial charge is 0.430 e. The van der Waals surface area contributed by atoms with Gasteiger partial charge in [0.25, 0.3) is 0 Å². The molecule has 0 spiro atoms. The maximum Gasteiger partial charge on any atom is 0.430 e. The van der Waals surface area contributed by atoms with Gasteiger partial charge in [0.15, 0.2) is 0 Å². The Kier molecular flexibility index (Phi) is 7.03. The molecule has 4 aromatic carbocycles. The summed E-state index contributed by atoms with van der Waals surface area (Å²) in [7, 11) is 0. The molecule has 0 aliphatic carbocycles. The minimum absolute atomic E-state index is 0.901. The summed E-state index contributed by atoms with van der Waals surface area (Å²) in [4.78, 5) is 11.4. The van der Waals surface area contributed by atoms with Gasteiger partial charge in [0.1, 0.15) is 5.97 Å². The number of alkyl halides is 3. The zero-order valence-electron chi connectivity index (χ0n) is 19.7. The summed E-state index contributed by atoms with van der Waals surface area (Å²) in [6, 6.07) is 33.8. The molecule has 0 unspecified atom stereocenters. The highest BCUT2D eigenvalue weighted by Crippen LogP contribution is 2.45. The summed E-state index contributed by atoms with van der Waals surface area (Å²) in [6.07, 6.45) is 1.43. The molecule has 0 saturated carbocycles. The van der Waals surface area contributed by atoms with Gasteiger partial charge in [-0.05, 0) is 41.0 Å². The van der Waals surface area contributed by atoms with Gasteiger partial charge in [0.05, 0.1) is 10.8 Å². The second-order valence-electron chi connectivity index (χ2n) is 8.33. The van der Waals surface area contributed by atoms with Crippen LogP contribution in [0.5, 0.6) is 0 Å². The third-order valence-electron chi connectivity index (χ3n) is 5.91. The standard InChI is InChI=1S/C29H19OS.C2HF3O2/c1-5-16-26-22(10-1)20(23-11-2-6-17-27(23)30-26)14-9-15-21-24-12-3-7-18-28(24)31-29-19-8-4-13-25(21)29;3-2(4,5)1(6)7/h1-19H;(H,6,7)/q+1;/p-1/b14-9+;. The topological polar surface area (TPSA) is 51.4 Å². The Hall–Kier alpha value is -4.36. The van der Waals surface area contributed by atoms with E-state index in [1.165, 1.54) is 32.1 Å². The van der Waals surface area contributed by atoms with Crippen LogP contribution in [0.25, 0.3) is 33.6 Å².